The Bertz CT molecular complexity index is 625. The summed E-state index contributed by atoms with van der Waals surface area (Å²) in [4.78, 5) is 20.6. The molecule has 5 nitrogen and oxygen atoms in total. The molecule has 0 bridgehead atoms. The van der Waals surface area contributed by atoms with Gasteiger partial charge >= 0.3 is 0 Å². The highest BCUT2D eigenvalue weighted by atomic mass is 16.1. The Hall–Kier alpha value is -2.43. The number of aromatic nitrogens is 2. The van der Waals surface area contributed by atoms with E-state index in [2.05, 4.69) is 20.6 Å². The lowest BCUT2D eigenvalue weighted by Crippen LogP contribution is -2.16. The lowest BCUT2D eigenvalue weighted by molar-refractivity contribution is 0.102. The topological polar surface area (TPSA) is 66.9 Å². The van der Waals surface area contributed by atoms with Crippen molar-refractivity contribution < 1.29 is 4.79 Å². The Labute approximate surface area is 118 Å². The number of rotatable bonds is 4. The minimum absolute atomic E-state index is 0.190. The zero-order valence-electron chi connectivity index (χ0n) is 11.9. The molecule has 0 atom stereocenters. The van der Waals surface area contributed by atoms with Crippen LogP contribution in [0.4, 0.5) is 11.4 Å². The van der Waals surface area contributed by atoms with Crippen LogP contribution >= 0.6 is 0 Å². The first-order valence-corrected chi connectivity index (χ1v) is 6.54. The quantitative estimate of drug-likeness (QED) is 0.896. The van der Waals surface area contributed by atoms with Gasteiger partial charge in [0, 0.05) is 24.6 Å². The highest BCUT2D eigenvalue weighted by Crippen LogP contribution is 2.19. The molecule has 0 aliphatic rings. The molecule has 0 fully saturated rings. The monoisotopic (exact) mass is 270 g/mol. The van der Waals surface area contributed by atoms with Gasteiger partial charge in [-0.1, -0.05) is 0 Å². The molecule has 2 rings (SSSR count). The van der Waals surface area contributed by atoms with E-state index in [1.807, 2.05) is 32.9 Å². The SMILES string of the molecule is CCNc1cc(C)ncc1C(=O)Nc1cnccc1C. The number of pyridine rings is 2. The van der Waals surface area contributed by atoms with Crippen LogP contribution in [0.1, 0.15) is 28.5 Å². The highest BCUT2D eigenvalue weighted by Gasteiger charge is 2.13. The van der Waals surface area contributed by atoms with E-state index < -0.39 is 0 Å². The summed E-state index contributed by atoms with van der Waals surface area (Å²) in [6, 6.07) is 3.72. The molecular formula is C15H18N4O. The van der Waals surface area contributed by atoms with Crippen LogP contribution in [0, 0.1) is 13.8 Å². The van der Waals surface area contributed by atoms with Crippen LogP contribution < -0.4 is 10.6 Å². The Kier molecular flexibility index (Phi) is 4.30. The number of aryl methyl sites for hydroxylation is 2. The standard InChI is InChI=1S/C15H18N4O/c1-4-17-13-7-11(3)18-8-12(13)15(20)19-14-9-16-6-5-10(14)2/h5-9H,4H2,1-3H3,(H,17,18)(H,19,20). The second-order valence-electron chi connectivity index (χ2n) is 4.55. The number of hydrogen-bond donors (Lipinski definition) is 2. The number of nitrogens with zero attached hydrogens (tertiary/aromatic N) is 2. The van der Waals surface area contributed by atoms with E-state index in [9.17, 15) is 4.79 Å². The van der Waals surface area contributed by atoms with Crippen molar-refractivity contribution in [2.75, 3.05) is 17.2 Å². The zero-order chi connectivity index (χ0) is 14.5. The van der Waals surface area contributed by atoms with Crippen molar-refractivity contribution in [2.24, 2.45) is 0 Å². The predicted octanol–water partition coefficient (Wildman–Crippen LogP) is 2.78. The van der Waals surface area contributed by atoms with Crippen molar-refractivity contribution >= 4 is 17.3 Å². The third-order valence-corrected chi connectivity index (χ3v) is 2.94. The van der Waals surface area contributed by atoms with Gasteiger partial charge in [-0.2, -0.15) is 0 Å². The van der Waals surface area contributed by atoms with E-state index in [-0.39, 0.29) is 5.91 Å². The van der Waals surface area contributed by atoms with Gasteiger partial charge in [0.25, 0.3) is 5.91 Å². The van der Waals surface area contributed by atoms with Gasteiger partial charge < -0.3 is 10.6 Å². The van der Waals surface area contributed by atoms with E-state index in [4.69, 9.17) is 0 Å². The van der Waals surface area contributed by atoms with Crippen LogP contribution in [-0.2, 0) is 0 Å². The first-order valence-electron chi connectivity index (χ1n) is 6.54. The third kappa shape index (κ3) is 3.12. The number of carbonyl (C=O) groups excluding carboxylic acids is 1. The molecule has 0 spiro atoms. The Morgan fingerprint density at radius 1 is 1.25 bits per heavy atom. The normalized spacial score (nSPS) is 10.2. The molecular weight excluding hydrogens is 252 g/mol. The molecule has 0 unspecified atom stereocenters. The van der Waals surface area contributed by atoms with Crippen LogP contribution in [0.25, 0.3) is 0 Å². The van der Waals surface area contributed by atoms with Crippen molar-refractivity contribution in [1.82, 2.24) is 9.97 Å². The lowest BCUT2D eigenvalue weighted by atomic mass is 10.1. The van der Waals surface area contributed by atoms with Crippen molar-refractivity contribution in [3.8, 4) is 0 Å². The summed E-state index contributed by atoms with van der Waals surface area (Å²) in [6.45, 7) is 6.56. The van der Waals surface area contributed by atoms with Crippen LogP contribution in [0.5, 0.6) is 0 Å². The maximum Gasteiger partial charge on any atom is 0.259 e. The predicted molar refractivity (Wildman–Crippen MR) is 80.1 cm³/mol. The van der Waals surface area contributed by atoms with E-state index in [0.717, 1.165) is 23.5 Å². The van der Waals surface area contributed by atoms with Crippen LogP contribution in [0.15, 0.2) is 30.7 Å². The van der Waals surface area contributed by atoms with Gasteiger partial charge in [0.1, 0.15) is 0 Å². The summed E-state index contributed by atoms with van der Waals surface area (Å²) >= 11 is 0. The summed E-state index contributed by atoms with van der Waals surface area (Å²) in [5.41, 5.74) is 3.87. The summed E-state index contributed by atoms with van der Waals surface area (Å²) < 4.78 is 0. The fourth-order valence-electron chi connectivity index (χ4n) is 1.86. The number of amides is 1. The second kappa shape index (κ2) is 6.14. The van der Waals surface area contributed by atoms with Crippen LogP contribution in [0.3, 0.4) is 0 Å². The molecule has 1 amide bonds. The molecule has 2 N–H and O–H groups in total. The Morgan fingerprint density at radius 2 is 2.05 bits per heavy atom. The zero-order valence-corrected chi connectivity index (χ0v) is 11.9. The smallest absolute Gasteiger partial charge is 0.259 e. The Morgan fingerprint density at radius 3 is 2.75 bits per heavy atom. The number of carbonyl (C=O) groups is 1. The van der Waals surface area contributed by atoms with E-state index in [0.29, 0.717) is 11.3 Å². The van der Waals surface area contributed by atoms with E-state index in [1.54, 1.807) is 18.6 Å². The van der Waals surface area contributed by atoms with E-state index >= 15 is 0 Å². The average molecular weight is 270 g/mol. The molecule has 0 saturated carbocycles. The molecule has 2 heterocycles. The summed E-state index contributed by atoms with van der Waals surface area (Å²) in [5.74, 6) is -0.190. The van der Waals surface area contributed by atoms with Crippen LogP contribution in [0.2, 0.25) is 0 Å². The number of anilines is 2. The van der Waals surface area contributed by atoms with E-state index in [1.165, 1.54) is 0 Å². The minimum atomic E-state index is -0.190. The van der Waals surface area contributed by atoms with Crippen molar-refractivity contribution in [3.63, 3.8) is 0 Å². The molecule has 0 aliphatic carbocycles. The first-order chi connectivity index (χ1) is 9.61. The second-order valence-corrected chi connectivity index (χ2v) is 4.55. The van der Waals surface area contributed by atoms with Gasteiger partial charge in [-0.05, 0) is 38.5 Å². The fraction of sp³-hybridized carbons (Fsp3) is 0.267. The van der Waals surface area contributed by atoms with Crippen LogP contribution in [-0.4, -0.2) is 22.4 Å². The minimum Gasteiger partial charge on any atom is -0.385 e. The maximum absolute atomic E-state index is 12.4. The lowest BCUT2D eigenvalue weighted by Gasteiger charge is -2.12. The van der Waals surface area contributed by atoms with Gasteiger partial charge in [-0.25, -0.2) is 0 Å². The Balaban J connectivity index is 2.27. The first kappa shape index (κ1) is 14.0. The van der Waals surface area contributed by atoms with Crippen molar-refractivity contribution in [1.29, 1.82) is 0 Å². The molecule has 2 aromatic rings. The summed E-state index contributed by atoms with van der Waals surface area (Å²) in [6.07, 6.45) is 4.93. The summed E-state index contributed by atoms with van der Waals surface area (Å²) in [7, 11) is 0. The van der Waals surface area contributed by atoms with Gasteiger partial charge in [0.15, 0.2) is 0 Å². The molecule has 0 saturated heterocycles. The van der Waals surface area contributed by atoms with Gasteiger partial charge in [-0.3, -0.25) is 14.8 Å². The van der Waals surface area contributed by atoms with Crippen molar-refractivity contribution in [2.45, 2.75) is 20.8 Å². The fourth-order valence-corrected chi connectivity index (χ4v) is 1.86. The molecule has 2 aromatic heterocycles. The molecule has 5 heteroatoms. The largest absolute Gasteiger partial charge is 0.385 e. The maximum atomic E-state index is 12.4. The average Bonchev–Trinajstić information content (AvgIpc) is 2.42. The molecule has 0 aliphatic heterocycles. The molecule has 20 heavy (non-hydrogen) atoms. The molecule has 0 aromatic carbocycles. The third-order valence-electron chi connectivity index (χ3n) is 2.94. The number of nitrogens with one attached hydrogen (secondary N) is 2. The summed E-state index contributed by atoms with van der Waals surface area (Å²) in [5, 5.41) is 6.05. The van der Waals surface area contributed by atoms with Crippen molar-refractivity contribution in [3.05, 3.63) is 47.5 Å². The van der Waals surface area contributed by atoms with Gasteiger partial charge in [0.2, 0.25) is 0 Å². The molecule has 0 radical (unpaired) electrons. The van der Waals surface area contributed by atoms with Gasteiger partial charge in [-0.15, -0.1) is 0 Å². The van der Waals surface area contributed by atoms with Gasteiger partial charge in [0.05, 0.1) is 23.1 Å². The molecule has 104 valence electrons. The number of hydrogen-bond acceptors (Lipinski definition) is 4. The highest BCUT2D eigenvalue weighted by molar-refractivity contribution is 6.08.